The molecule has 1 atom stereocenters. The van der Waals surface area contributed by atoms with Crippen molar-refractivity contribution in [1.29, 1.82) is 0 Å². The highest BCUT2D eigenvalue weighted by molar-refractivity contribution is 9.09. The van der Waals surface area contributed by atoms with Gasteiger partial charge in [0.15, 0.2) is 0 Å². The second-order valence-electron chi connectivity index (χ2n) is 3.69. The molecule has 12 heavy (non-hydrogen) atoms. The molecule has 0 amide bonds. The Labute approximate surface area is 84.8 Å². The molecule has 0 aromatic carbocycles. The summed E-state index contributed by atoms with van der Waals surface area (Å²) in [5.74, 6) is 0.690. The number of nitrogens with one attached hydrogen (secondary N) is 1. The van der Waals surface area contributed by atoms with Gasteiger partial charge in [0.05, 0.1) is 0 Å². The molecule has 72 valence electrons. The lowest BCUT2D eigenvalue weighted by molar-refractivity contribution is 0.453. The average molecular weight is 234 g/mol. The Hall–Kier alpha value is 0.180. The van der Waals surface area contributed by atoms with Crippen molar-refractivity contribution in [2.75, 3.05) is 11.9 Å². The van der Waals surface area contributed by atoms with Gasteiger partial charge in [0.25, 0.3) is 0 Å². The van der Waals surface area contributed by atoms with Gasteiger partial charge >= 0.3 is 0 Å². The van der Waals surface area contributed by atoms with Crippen LogP contribution in [0.3, 0.4) is 0 Å². The summed E-state index contributed by atoms with van der Waals surface area (Å²) < 4.78 is 0. The van der Waals surface area contributed by atoms with Crippen molar-refractivity contribution in [2.24, 2.45) is 5.92 Å². The molecular formula is C10H20BrN. The SMILES string of the molecule is CC(C)=CCNC(CBr)C(C)C. The van der Waals surface area contributed by atoms with Crippen LogP contribution < -0.4 is 5.32 Å². The first kappa shape index (κ1) is 12.2. The summed E-state index contributed by atoms with van der Waals surface area (Å²) in [6.45, 7) is 9.71. The minimum absolute atomic E-state index is 0.584. The topological polar surface area (TPSA) is 12.0 Å². The van der Waals surface area contributed by atoms with E-state index in [1.807, 2.05) is 0 Å². The number of rotatable bonds is 5. The quantitative estimate of drug-likeness (QED) is 0.569. The van der Waals surface area contributed by atoms with Crippen molar-refractivity contribution in [3.63, 3.8) is 0 Å². The molecule has 0 fully saturated rings. The number of halogens is 1. The Kier molecular flexibility index (Phi) is 6.77. The van der Waals surface area contributed by atoms with E-state index in [1.165, 1.54) is 5.57 Å². The van der Waals surface area contributed by atoms with E-state index < -0.39 is 0 Å². The van der Waals surface area contributed by atoms with Crippen LogP contribution in [0.15, 0.2) is 11.6 Å². The van der Waals surface area contributed by atoms with Crippen LogP contribution in [0.4, 0.5) is 0 Å². The zero-order valence-corrected chi connectivity index (χ0v) is 10.1. The molecule has 0 rings (SSSR count). The zero-order chi connectivity index (χ0) is 9.56. The highest BCUT2D eigenvalue weighted by Crippen LogP contribution is 2.04. The molecule has 1 nitrogen and oxygen atoms in total. The van der Waals surface area contributed by atoms with Crippen molar-refractivity contribution in [1.82, 2.24) is 5.32 Å². The third kappa shape index (κ3) is 5.78. The van der Waals surface area contributed by atoms with Gasteiger partial charge in [0, 0.05) is 17.9 Å². The van der Waals surface area contributed by atoms with Crippen molar-refractivity contribution < 1.29 is 0 Å². The largest absolute Gasteiger partial charge is 0.309 e. The molecule has 1 N–H and O–H groups in total. The van der Waals surface area contributed by atoms with Gasteiger partial charge in [-0.2, -0.15) is 0 Å². The Morgan fingerprint density at radius 2 is 2.00 bits per heavy atom. The van der Waals surface area contributed by atoms with Gasteiger partial charge in [-0.25, -0.2) is 0 Å². The van der Waals surface area contributed by atoms with E-state index in [9.17, 15) is 0 Å². The van der Waals surface area contributed by atoms with Gasteiger partial charge in [-0.3, -0.25) is 0 Å². The van der Waals surface area contributed by atoms with Crippen molar-refractivity contribution in [3.05, 3.63) is 11.6 Å². The van der Waals surface area contributed by atoms with E-state index in [0.29, 0.717) is 12.0 Å². The first-order chi connectivity index (χ1) is 5.57. The maximum atomic E-state index is 3.50. The Morgan fingerprint density at radius 1 is 1.42 bits per heavy atom. The molecule has 0 aliphatic carbocycles. The minimum Gasteiger partial charge on any atom is -0.309 e. The molecule has 0 heterocycles. The molecule has 0 bridgehead atoms. The molecule has 0 saturated heterocycles. The summed E-state index contributed by atoms with van der Waals surface area (Å²) in [5, 5.41) is 4.51. The van der Waals surface area contributed by atoms with E-state index in [1.54, 1.807) is 0 Å². The number of alkyl halides is 1. The van der Waals surface area contributed by atoms with E-state index in [0.717, 1.165) is 11.9 Å². The molecule has 0 radical (unpaired) electrons. The lowest BCUT2D eigenvalue weighted by atomic mass is 10.1. The van der Waals surface area contributed by atoms with E-state index in [-0.39, 0.29) is 0 Å². The summed E-state index contributed by atoms with van der Waals surface area (Å²) in [6.07, 6.45) is 2.22. The Morgan fingerprint density at radius 3 is 2.33 bits per heavy atom. The summed E-state index contributed by atoms with van der Waals surface area (Å²) in [6, 6.07) is 0.584. The van der Waals surface area contributed by atoms with Crippen LogP contribution >= 0.6 is 15.9 Å². The third-order valence-electron chi connectivity index (χ3n) is 1.86. The first-order valence-electron chi connectivity index (χ1n) is 4.50. The highest BCUT2D eigenvalue weighted by atomic mass is 79.9. The number of allylic oxidation sites excluding steroid dienone is 1. The summed E-state index contributed by atoms with van der Waals surface area (Å²) in [5.41, 5.74) is 1.37. The van der Waals surface area contributed by atoms with Crippen LogP contribution in [-0.2, 0) is 0 Å². The normalized spacial score (nSPS) is 13.2. The molecule has 0 spiro atoms. The summed E-state index contributed by atoms with van der Waals surface area (Å²) in [4.78, 5) is 0. The van der Waals surface area contributed by atoms with Gasteiger partial charge < -0.3 is 5.32 Å². The molecular weight excluding hydrogens is 214 g/mol. The molecule has 0 aromatic heterocycles. The second-order valence-corrected chi connectivity index (χ2v) is 4.34. The first-order valence-corrected chi connectivity index (χ1v) is 5.62. The molecule has 0 aliphatic heterocycles. The van der Waals surface area contributed by atoms with Gasteiger partial charge in [0.1, 0.15) is 0 Å². The van der Waals surface area contributed by atoms with Crippen LogP contribution in [0.25, 0.3) is 0 Å². The van der Waals surface area contributed by atoms with Crippen molar-refractivity contribution in [2.45, 2.75) is 33.7 Å². The second kappa shape index (κ2) is 6.67. The average Bonchev–Trinajstić information content (AvgIpc) is 1.96. The van der Waals surface area contributed by atoms with E-state index in [4.69, 9.17) is 0 Å². The molecule has 2 heteroatoms. The van der Waals surface area contributed by atoms with Gasteiger partial charge in [-0.05, 0) is 19.8 Å². The van der Waals surface area contributed by atoms with Gasteiger partial charge in [0.2, 0.25) is 0 Å². The predicted molar refractivity (Wildman–Crippen MR) is 59.9 cm³/mol. The van der Waals surface area contributed by atoms with Crippen LogP contribution in [-0.4, -0.2) is 17.9 Å². The predicted octanol–water partition coefficient (Wildman–Crippen LogP) is 2.96. The maximum absolute atomic E-state index is 3.50. The number of hydrogen-bond donors (Lipinski definition) is 1. The fourth-order valence-corrected chi connectivity index (χ4v) is 1.86. The third-order valence-corrected chi connectivity index (χ3v) is 2.56. The van der Waals surface area contributed by atoms with Crippen molar-refractivity contribution in [3.8, 4) is 0 Å². The Balaban J connectivity index is 3.66. The molecule has 0 aliphatic rings. The summed E-state index contributed by atoms with van der Waals surface area (Å²) >= 11 is 3.50. The van der Waals surface area contributed by atoms with Gasteiger partial charge in [-0.1, -0.05) is 41.4 Å². The number of hydrogen-bond acceptors (Lipinski definition) is 1. The monoisotopic (exact) mass is 233 g/mol. The van der Waals surface area contributed by atoms with Crippen LogP contribution in [0, 0.1) is 5.92 Å². The highest BCUT2D eigenvalue weighted by Gasteiger charge is 2.08. The van der Waals surface area contributed by atoms with Crippen LogP contribution in [0.5, 0.6) is 0 Å². The lowest BCUT2D eigenvalue weighted by Gasteiger charge is -2.18. The zero-order valence-electron chi connectivity index (χ0n) is 8.52. The molecule has 1 unspecified atom stereocenters. The van der Waals surface area contributed by atoms with E-state index in [2.05, 4.69) is 55.0 Å². The fourth-order valence-electron chi connectivity index (χ4n) is 0.883. The minimum atomic E-state index is 0.584. The maximum Gasteiger partial charge on any atom is 0.0190 e. The van der Waals surface area contributed by atoms with Crippen LogP contribution in [0.1, 0.15) is 27.7 Å². The fraction of sp³-hybridized carbons (Fsp3) is 0.800. The molecule has 0 aromatic rings. The van der Waals surface area contributed by atoms with Gasteiger partial charge in [-0.15, -0.1) is 0 Å². The van der Waals surface area contributed by atoms with Crippen LogP contribution in [0.2, 0.25) is 0 Å². The van der Waals surface area contributed by atoms with Crippen molar-refractivity contribution >= 4 is 15.9 Å². The smallest absolute Gasteiger partial charge is 0.0190 e. The van der Waals surface area contributed by atoms with E-state index >= 15 is 0 Å². The lowest BCUT2D eigenvalue weighted by Crippen LogP contribution is -2.35. The standard InChI is InChI=1S/C10H20BrN/c1-8(2)5-6-12-10(7-11)9(3)4/h5,9-10,12H,6-7H2,1-4H3. The Bertz CT molecular complexity index is 137. The molecule has 0 saturated carbocycles. The summed E-state index contributed by atoms with van der Waals surface area (Å²) in [7, 11) is 0.